The predicted molar refractivity (Wildman–Crippen MR) is 99.0 cm³/mol. The molecular formula is C20H31N3O2. The van der Waals surface area contributed by atoms with Crippen LogP contribution in [0.3, 0.4) is 0 Å². The Kier molecular flexibility index (Phi) is 5.87. The molecule has 1 aromatic rings. The summed E-state index contributed by atoms with van der Waals surface area (Å²) in [6, 6.07) is 9.27. The maximum atomic E-state index is 6.13. The van der Waals surface area contributed by atoms with Gasteiger partial charge >= 0.3 is 0 Å². The Hall–Kier alpha value is -1.14. The van der Waals surface area contributed by atoms with E-state index in [1.807, 2.05) is 0 Å². The van der Waals surface area contributed by atoms with E-state index >= 15 is 0 Å². The number of nitrogens with zero attached hydrogens (tertiary/aromatic N) is 2. The molecule has 0 unspecified atom stereocenters. The molecule has 4 rings (SSSR count). The Morgan fingerprint density at radius 1 is 1.12 bits per heavy atom. The lowest BCUT2D eigenvalue weighted by Gasteiger charge is -2.26. The summed E-state index contributed by atoms with van der Waals surface area (Å²) in [5, 5.41) is 3.64. The summed E-state index contributed by atoms with van der Waals surface area (Å²) in [6.45, 7) is 10.4. The number of hydrogen-bond acceptors (Lipinski definition) is 5. The molecule has 25 heavy (non-hydrogen) atoms. The van der Waals surface area contributed by atoms with Crippen LogP contribution in [0.4, 0.5) is 0 Å². The second kappa shape index (κ2) is 8.49. The van der Waals surface area contributed by atoms with Gasteiger partial charge in [0.25, 0.3) is 0 Å². The van der Waals surface area contributed by atoms with E-state index in [9.17, 15) is 0 Å². The Balaban J connectivity index is 1.24. The fourth-order valence-electron chi connectivity index (χ4n) is 4.38. The van der Waals surface area contributed by atoms with E-state index < -0.39 is 0 Å². The largest absolute Gasteiger partial charge is 0.493 e. The van der Waals surface area contributed by atoms with Crippen LogP contribution in [-0.4, -0.2) is 74.9 Å². The smallest absolute Gasteiger partial charge is 0.123 e. The molecule has 5 nitrogen and oxygen atoms in total. The fraction of sp³-hybridized carbons (Fsp3) is 0.700. The molecule has 0 amide bonds. The number of hydrogen-bond donors (Lipinski definition) is 1. The second-order valence-electron chi connectivity index (χ2n) is 7.57. The monoisotopic (exact) mass is 345 g/mol. The highest BCUT2D eigenvalue weighted by Gasteiger charge is 2.35. The Morgan fingerprint density at radius 2 is 2.00 bits per heavy atom. The first-order valence-corrected chi connectivity index (χ1v) is 9.85. The van der Waals surface area contributed by atoms with Crippen LogP contribution in [0.2, 0.25) is 0 Å². The molecule has 3 aliphatic rings. The van der Waals surface area contributed by atoms with Crippen LogP contribution in [0.1, 0.15) is 18.4 Å². The highest BCUT2D eigenvalue weighted by atomic mass is 16.5. The topological polar surface area (TPSA) is 37.0 Å². The van der Waals surface area contributed by atoms with Crippen molar-refractivity contribution in [3.63, 3.8) is 0 Å². The van der Waals surface area contributed by atoms with E-state index in [0.29, 0.717) is 6.04 Å². The maximum Gasteiger partial charge on any atom is 0.123 e. The summed E-state index contributed by atoms with van der Waals surface area (Å²) in [5.41, 5.74) is 1.33. The third-order valence-corrected chi connectivity index (χ3v) is 5.78. The van der Waals surface area contributed by atoms with E-state index in [-0.39, 0.29) is 0 Å². The van der Waals surface area contributed by atoms with Gasteiger partial charge in [0.2, 0.25) is 0 Å². The molecule has 3 aliphatic heterocycles. The third-order valence-electron chi connectivity index (χ3n) is 5.78. The van der Waals surface area contributed by atoms with Crippen molar-refractivity contribution in [3.8, 4) is 5.75 Å². The van der Waals surface area contributed by atoms with Crippen LogP contribution in [-0.2, 0) is 11.3 Å². The van der Waals surface area contributed by atoms with Crippen molar-refractivity contribution in [1.29, 1.82) is 0 Å². The van der Waals surface area contributed by atoms with E-state index in [1.165, 1.54) is 31.6 Å². The molecule has 3 saturated heterocycles. The lowest BCUT2D eigenvalue weighted by molar-refractivity contribution is 0.0357. The fourth-order valence-corrected chi connectivity index (χ4v) is 4.38. The van der Waals surface area contributed by atoms with E-state index in [1.54, 1.807) is 0 Å². The first-order valence-electron chi connectivity index (χ1n) is 9.85. The van der Waals surface area contributed by atoms with E-state index in [2.05, 4.69) is 39.4 Å². The summed E-state index contributed by atoms with van der Waals surface area (Å²) in [5.74, 6) is 1.91. The minimum atomic E-state index is 0.710. The molecule has 138 valence electrons. The minimum Gasteiger partial charge on any atom is -0.493 e. The van der Waals surface area contributed by atoms with Crippen molar-refractivity contribution >= 4 is 0 Å². The zero-order chi connectivity index (χ0) is 16.9. The van der Waals surface area contributed by atoms with Crippen LogP contribution in [0.5, 0.6) is 5.75 Å². The summed E-state index contributed by atoms with van der Waals surface area (Å²) in [4.78, 5) is 5.05. The molecule has 0 spiro atoms. The summed E-state index contributed by atoms with van der Waals surface area (Å²) >= 11 is 0. The van der Waals surface area contributed by atoms with Crippen molar-refractivity contribution in [2.75, 3.05) is 59.1 Å². The molecule has 1 aromatic carbocycles. The number of nitrogens with one attached hydrogen (secondary N) is 1. The van der Waals surface area contributed by atoms with Gasteiger partial charge in [-0.25, -0.2) is 0 Å². The van der Waals surface area contributed by atoms with Crippen LogP contribution in [0.15, 0.2) is 24.3 Å². The molecule has 0 aromatic heterocycles. The molecule has 0 radical (unpaired) electrons. The molecule has 2 atom stereocenters. The SMILES string of the molecule is c1ccc(OCCCN2CCOCC2)c(CN2C[C@H]3CCN[C@H]3C2)c1. The molecule has 3 fully saturated rings. The quantitative estimate of drug-likeness (QED) is 0.760. The lowest BCUT2D eigenvalue weighted by Crippen LogP contribution is -2.37. The zero-order valence-corrected chi connectivity index (χ0v) is 15.2. The highest BCUT2D eigenvalue weighted by molar-refractivity contribution is 5.33. The van der Waals surface area contributed by atoms with Crippen molar-refractivity contribution in [1.82, 2.24) is 15.1 Å². The first kappa shape index (κ1) is 17.3. The number of rotatable bonds is 7. The number of likely N-dealkylation sites (tertiary alicyclic amines) is 1. The molecule has 0 bridgehead atoms. The van der Waals surface area contributed by atoms with Gasteiger partial charge in [0.15, 0.2) is 0 Å². The molecule has 3 heterocycles. The van der Waals surface area contributed by atoms with E-state index in [0.717, 1.165) is 64.1 Å². The van der Waals surface area contributed by atoms with Crippen LogP contribution in [0, 0.1) is 5.92 Å². The van der Waals surface area contributed by atoms with Crippen molar-refractivity contribution < 1.29 is 9.47 Å². The zero-order valence-electron chi connectivity index (χ0n) is 15.2. The van der Waals surface area contributed by atoms with Crippen LogP contribution < -0.4 is 10.1 Å². The molecule has 0 saturated carbocycles. The Bertz CT molecular complexity index is 535. The van der Waals surface area contributed by atoms with Gasteiger partial charge in [-0.15, -0.1) is 0 Å². The lowest BCUT2D eigenvalue weighted by atomic mass is 10.1. The minimum absolute atomic E-state index is 0.710. The standard InChI is InChI=1S/C20H31N3O2/c1-2-5-20(25-11-3-8-22-9-12-24-13-10-22)18(4-1)15-23-14-17-6-7-21-19(17)16-23/h1-2,4-5,17,19,21H,3,6-16H2/t17-,19+/m1/s1. The molecule has 0 aliphatic carbocycles. The van der Waals surface area contributed by atoms with Gasteiger partial charge in [0, 0.05) is 50.9 Å². The second-order valence-corrected chi connectivity index (χ2v) is 7.57. The molecule has 1 N–H and O–H groups in total. The van der Waals surface area contributed by atoms with E-state index in [4.69, 9.17) is 9.47 Å². The summed E-state index contributed by atoms with van der Waals surface area (Å²) < 4.78 is 11.5. The number of morpholine rings is 1. The van der Waals surface area contributed by atoms with Gasteiger partial charge in [0.1, 0.15) is 5.75 Å². The van der Waals surface area contributed by atoms with Gasteiger partial charge in [-0.2, -0.15) is 0 Å². The number of para-hydroxylation sites is 1. The van der Waals surface area contributed by atoms with Crippen LogP contribution in [0.25, 0.3) is 0 Å². The average Bonchev–Trinajstić information content (AvgIpc) is 3.22. The van der Waals surface area contributed by atoms with Crippen molar-refractivity contribution in [2.24, 2.45) is 5.92 Å². The summed E-state index contributed by atoms with van der Waals surface area (Å²) in [7, 11) is 0. The van der Waals surface area contributed by atoms with Crippen molar-refractivity contribution in [3.05, 3.63) is 29.8 Å². The Morgan fingerprint density at radius 3 is 2.88 bits per heavy atom. The van der Waals surface area contributed by atoms with Gasteiger partial charge in [0.05, 0.1) is 19.8 Å². The van der Waals surface area contributed by atoms with Gasteiger partial charge < -0.3 is 14.8 Å². The number of benzene rings is 1. The third kappa shape index (κ3) is 4.53. The predicted octanol–water partition coefficient (Wildman–Crippen LogP) is 1.58. The Labute approximate surface area is 151 Å². The van der Waals surface area contributed by atoms with Crippen molar-refractivity contribution in [2.45, 2.75) is 25.4 Å². The normalized spacial score (nSPS) is 27.5. The number of ether oxygens (including phenoxy) is 2. The average molecular weight is 345 g/mol. The first-order chi connectivity index (χ1) is 12.4. The maximum absolute atomic E-state index is 6.13. The molecule has 5 heteroatoms. The van der Waals surface area contributed by atoms with Gasteiger partial charge in [-0.05, 0) is 31.4 Å². The highest BCUT2D eigenvalue weighted by Crippen LogP contribution is 2.28. The summed E-state index contributed by atoms with van der Waals surface area (Å²) in [6.07, 6.45) is 2.41. The van der Waals surface area contributed by atoms with Crippen LogP contribution >= 0.6 is 0 Å². The van der Waals surface area contributed by atoms with Gasteiger partial charge in [-0.3, -0.25) is 9.80 Å². The number of fused-ring (bicyclic) bond motifs is 1. The van der Waals surface area contributed by atoms with Gasteiger partial charge in [-0.1, -0.05) is 18.2 Å². The molecular weight excluding hydrogens is 314 g/mol.